The quantitative estimate of drug-likeness (QED) is 0.585. The van der Waals surface area contributed by atoms with Crippen molar-refractivity contribution in [1.82, 2.24) is 5.32 Å². The number of hydrogen-bond donors (Lipinski definition) is 2. The highest BCUT2D eigenvalue weighted by atomic mass is 16.5. The van der Waals surface area contributed by atoms with Crippen LogP contribution in [0, 0.1) is 11.3 Å². The molecule has 0 saturated carbocycles. The Balaban J connectivity index is 3.25. The van der Waals surface area contributed by atoms with Crippen LogP contribution < -0.4 is 15.8 Å². The topological polar surface area (TPSA) is 114 Å². The van der Waals surface area contributed by atoms with Gasteiger partial charge in [-0.2, -0.15) is 5.26 Å². The summed E-state index contributed by atoms with van der Waals surface area (Å²) in [5, 5.41) is 11.3. The summed E-state index contributed by atoms with van der Waals surface area (Å²) in [7, 11) is 1.21. The monoisotopic (exact) mass is 303 g/mol. The van der Waals surface area contributed by atoms with Gasteiger partial charge in [0.2, 0.25) is 5.91 Å². The van der Waals surface area contributed by atoms with Crippen LogP contribution in [0.5, 0.6) is 5.75 Å². The first kappa shape index (κ1) is 17.2. The fraction of sp³-hybridized carbons (Fsp3) is 0.267. The molecule has 0 fully saturated rings. The number of rotatable bonds is 6. The van der Waals surface area contributed by atoms with Crippen LogP contribution in [-0.2, 0) is 14.3 Å². The zero-order valence-electron chi connectivity index (χ0n) is 12.4. The molecule has 116 valence electrons. The van der Waals surface area contributed by atoms with Gasteiger partial charge < -0.3 is 20.5 Å². The molecule has 1 amide bonds. The Morgan fingerprint density at radius 1 is 1.45 bits per heavy atom. The maximum absolute atomic E-state index is 11.7. The molecule has 1 rings (SSSR count). The number of carbonyl (C=O) groups excluding carboxylic acids is 2. The van der Waals surface area contributed by atoms with Crippen molar-refractivity contribution < 1.29 is 19.1 Å². The van der Waals surface area contributed by atoms with Crippen LogP contribution >= 0.6 is 0 Å². The average molecular weight is 303 g/mol. The van der Waals surface area contributed by atoms with Crippen molar-refractivity contribution >= 4 is 18.0 Å². The van der Waals surface area contributed by atoms with Crippen molar-refractivity contribution in [3.05, 3.63) is 35.0 Å². The third-order valence-electron chi connectivity index (χ3n) is 2.53. The van der Waals surface area contributed by atoms with E-state index in [1.165, 1.54) is 26.2 Å². The number of methoxy groups -OCH3 is 1. The summed E-state index contributed by atoms with van der Waals surface area (Å²) in [6, 6.07) is 6.71. The number of nitriles is 1. The molecule has 0 unspecified atom stereocenters. The minimum atomic E-state index is -0.690. The number of esters is 1. The standard InChI is InChI=1S/C15H17N3O4/c1-10(19)18-13(15(20)21-2)8-12-4-3-11(9-17)7-14(12)22-6-5-16/h3-4,7-8H,5-6,16H2,1-2H3,(H,18,19)/b13-8+. The van der Waals surface area contributed by atoms with E-state index in [2.05, 4.69) is 10.1 Å². The lowest BCUT2D eigenvalue weighted by Crippen LogP contribution is -2.25. The number of hydrogen-bond acceptors (Lipinski definition) is 6. The number of nitrogens with zero attached hydrogens (tertiary/aromatic N) is 1. The summed E-state index contributed by atoms with van der Waals surface area (Å²) in [6.07, 6.45) is 1.42. The smallest absolute Gasteiger partial charge is 0.354 e. The molecule has 3 N–H and O–H groups in total. The lowest BCUT2D eigenvalue weighted by atomic mass is 10.1. The van der Waals surface area contributed by atoms with E-state index in [0.717, 1.165) is 0 Å². The van der Waals surface area contributed by atoms with E-state index < -0.39 is 11.9 Å². The van der Waals surface area contributed by atoms with Gasteiger partial charge >= 0.3 is 5.97 Å². The maximum atomic E-state index is 11.7. The molecule has 1 aromatic rings. The largest absolute Gasteiger partial charge is 0.492 e. The zero-order chi connectivity index (χ0) is 16.5. The van der Waals surface area contributed by atoms with Crippen LogP contribution in [0.4, 0.5) is 0 Å². The van der Waals surface area contributed by atoms with Gasteiger partial charge in [-0.15, -0.1) is 0 Å². The Morgan fingerprint density at radius 3 is 2.73 bits per heavy atom. The third kappa shape index (κ3) is 4.92. The van der Waals surface area contributed by atoms with Crippen LogP contribution in [0.25, 0.3) is 6.08 Å². The third-order valence-corrected chi connectivity index (χ3v) is 2.53. The van der Waals surface area contributed by atoms with Crippen LogP contribution in [0.1, 0.15) is 18.1 Å². The van der Waals surface area contributed by atoms with Gasteiger partial charge in [0.05, 0.1) is 18.7 Å². The highest BCUT2D eigenvalue weighted by molar-refractivity contribution is 5.97. The van der Waals surface area contributed by atoms with Crippen molar-refractivity contribution in [2.45, 2.75) is 6.92 Å². The summed E-state index contributed by atoms with van der Waals surface area (Å²) in [4.78, 5) is 22.9. The molecule has 0 aliphatic carbocycles. The molecule has 0 spiro atoms. The Bertz CT molecular complexity index is 632. The molecule has 1 aromatic carbocycles. The lowest BCUT2D eigenvalue weighted by molar-refractivity contribution is -0.137. The highest BCUT2D eigenvalue weighted by Gasteiger charge is 2.13. The van der Waals surface area contributed by atoms with E-state index in [1.807, 2.05) is 6.07 Å². The van der Waals surface area contributed by atoms with Crippen molar-refractivity contribution in [1.29, 1.82) is 5.26 Å². The van der Waals surface area contributed by atoms with Crippen LogP contribution in [0.2, 0.25) is 0 Å². The summed E-state index contributed by atoms with van der Waals surface area (Å²) < 4.78 is 10.1. The van der Waals surface area contributed by atoms with E-state index in [4.69, 9.17) is 15.7 Å². The van der Waals surface area contributed by atoms with Crippen molar-refractivity contribution in [2.75, 3.05) is 20.3 Å². The number of benzene rings is 1. The SMILES string of the molecule is COC(=O)/C(=C\c1ccc(C#N)cc1OCCN)NC(C)=O. The van der Waals surface area contributed by atoms with Gasteiger partial charge in [0.15, 0.2) is 0 Å². The molecule has 0 saturated heterocycles. The minimum Gasteiger partial charge on any atom is -0.492 e. The second-order valence-corrected chi connectivity index (χ2v) is 4.23. The van der Waals surface area contributed by atoms with E-state index in [0.29, 0.717) is 23.4 Å². The zero-order valence-corrected chi connectivity index (χ0v) is 12.4. The molecule has 0 radical (unpaired) electrons. The van der Waals surface area contributed by atoms with Gasteiger partial charge in [-0.3, -0.25) is 4.79 Å². The highest BCUT2D eigenvalue weighted by Crippen LogP contribution is 2.23. The summed E-state index contributed by atoms with van der Waals surface area (Å²) >= 11 is 0. The van der Waals surface area contributed by atoms with Gasteiger partial charge in [-0.1, -0.05) is 0 Å². The minimum absolute atomic E-state index is 0.0303. The number of carbonyl (C=O) groups is 2. The van der Waals surface area contributed by atoms with Crippen LogP contribution in [0.3, 0.4) is 0 Å². The Morgan fingerprint density at radius 2 is 2.18 bits per heavy atom. The molecule has 0 heterocycles. The Hall–Kier alpha value is -2.85. The molecule has 7 nitrogen and oxygen atoms in total. The van der Waals surface area contributed by atoms with E-state index >= 15 is 0 Å². The molecule has 0 atom stereocenters. The fourth-order valence-electron chi connectivity index (χ4n) is 1.62. The summed E-state index contributed by atoms with van der Waals surface area (Å²) in [5.74, 6) is -0.713. The summed E-state index contributed by atoms with van der Waals surface area (Å²) in [5.41, 5.74) is 6.29. The van der Waals surface area contributed by atoms with Crippen LogP contribution in [-0.4, -0.2) is 32.1 Å². The Labute approximate surface area is 128 Å². The predicted octanol–water partition coefficient (Wildman–Crippen LogP) is 0.546. The molecular weight excluding hydrogens is 286 g/mol. The first-order chi connectivity index (χ1) is 10.5. The fourth-order valence-corrected chi connectivity index (χ4v) is 1.62. The van der Waals surface area contributed by atoms with Gasteiger partial charge in [0, 0.05) is 19.0 Å². The molecule has 7 heteroatoms. The molecule has 0 aliphatic rings. The predicted molar refractivity (Wildman–Crippen MR) is 79.5 cm³/mol. The second kappa shape index (κ2) is 8.44. The normalized spacial score (nSPS) is 10.5. The van der Waals surface area contributed by atoms with Crippen molar-refractivity contribution in [3.63, 3.8) is 0 Å². The van der Waals surface area contributed by atoms with Crippen molar-refractivity contribution in [2.24, 2.45) is 5.73 Å². The van der Waals surface area contributed by atoms with Crippen LogP contribution in [0.15, 0.2) is 23.9 Å². The molecular formula is C15H17N3O4. The van der Waals surface area contributed by atoms with E-state index in [1.54, 1.807) is 12.1 Å². The van der Waals surface area contributed by atoms with Gasteiger partial charge in [0.1, 0.15) is 18.1 Å². The number of amides is 1. The second-order valence-electron chi connectivity index (χ2n) is 4.23. The number of ether oxygens (including phenoxy) is 2. The van der Waals surface area contributed by atoms with Crippen molar-refractivity contribution in [3.8, 4) is 11.8 Å². The Kier molecular flexibility index (Phi) is 6.60. The molecule has 0 aromatic heterocycles. The summed E-state index contributed by atoms with van der Waals surface area (Å²) in [6.45, 7) is 1.83. The van der Waals surface area contributed by atoms with E-state index in [-0.39, 0.29) is 12.3 Å². The average Bonchev–Trinajstić information content (AvgIpc) is 2.51. The van der Waals surface area contributed by atoms with Gasteiger partial charge in [-0.25, -0.2) is 4.79 Å². The first-order valence-corrected chi connectivity index (χ1v) is 6.46. The van der Waals surface area contributed by atoms with Gasteiger partial charge in [-0.05, 0) is 24.3 Å². The maximum Gasteiger partial charge on any atom is 0.354 e. The molecule has 0 aliphatic heterocycles. The van der Waals surface area contributed by atoms with E-state index in [9.17, 15) is 9.59 Å². The number of nitrogens with one attached hydrogen (secondary N) is 1. The lowest BCUT2D eigenvalue weighted by Gasteiger charge is -2.11. The number of nitrogens with two attached hydrogens (primary N) is 1. The first-order valence-electron chi connectivity index (χ1n) is 6.46. The molecule has 22 heavy (non-hydrogen) atoms. The van der Waals surface area contributed by atoms with Gasteiger partial charge in [0.25, 0.3) is 0 Å². The molecule has 0 bridgehead atoms.